The highest BCUT2D eigenvalue weighted by Gasteiger charge is 2.45. The summed E-state index contributed by atoms with van der Waals surface area (Å²) in [4.78, 5) is 2.50. The Labute approximate surface area is 117 Å². The Bertz CT molecular complexity index is 470. The topological polar surface area (TPSA) is 15.3 Å². The van der Waals surface area contributed by atoms with Crippen molar-refractivity contribution in [3.8, 4) is 0 Å². The number of likely N-dealkylation sites (tertiary alicyclic amines) is 1. The number of nitrogens with zero attached hydrogens (tertiary/aromatic N) is 1. The Morgan fingerprint density at radius 1 is 1.16 bits per heavy atom. The zero-order valence-electron chi connectivity index (χ0n) is 12.6. The lowest BCUT2D eigenvalue weighted by Gasteiger charge is -2.53. The molecule has 0 aliphatic carbocycles. The van der Waals surface area contributed by atoms with Crippen LogP contribution in [0.4, 0.5) is 5.69 Å². The standard InChI is InChI=1S/C17H26N2/c1-12-9-17(10-14(3)19(4)11-13(17)2)18-16-8-6-5-7-15(12)16/h5-8,12-14,18H,9-11H2,1-4H3. The van der Waals surface area contributed by atoms with E-state index in [9.17, 15) is 0 Å². The summed E-state index contributed by atoms with van der Waals surface area (Å²) < 4.78 is 0. The van der Waals surface area contributed by atoms with Gasteiger partial charge in [0.25, 0.3) is 0 Å². The molecule has 19 heavy (non-hydrogen) atoms. The molecule has 1 saturated heterocycles. The molecular weight excluding hydrogens is 232 g/mol. The average Bonchev–Trinajstić information content (AvgIpc) is 2.37. The summed E-state index contributed by atoms with van der Waals surface area (Å²) in [5.41, 5.74) is 3.15. The molecule has 4 unspecified atom stereocenters. The Morgan fingerprint density at radius 3 is 2.68 bits per heavy atom. The van der Waals surface area contributed by atoms with Crippen LogP contribution in [0.2, 0.25) is 0 Å². The first kappa shape index (κ1) is 13.0. The Hall–Kier alpha value is -1.02. The minimum absolute atomic E-state index is 0.291. The molecule has 0 aromatic heterocycles. The van der Waals surface area contributed by atoms with E-state index in [-0.39, 0.29) is 0 Å². The van der Waals surface area contributed by atoms with Crippen LogP contribution in [-0.2, 0) is 0 Å². The number of hydrogen-bond acceptors (Lipinski definition) is 2. The molecule has 1 aromatic carbocycles. The van der Waals surface area contributed by atoms with Gasteiger partial charge in [0, 0.05) is 23.8 Å². The Kier molecular flexibility index (Phi) is 3.09. The molecule has 0 bridgehead atoms. The van der Waals surface area contributed by atoms with Crippen molar-refractivity contribution in [2.24, 2.45) is 5.92 Å². The van der Waals surface area contributed by atoms with Crippen LogP contribution in [0.25, 0.3) is 0 Å². The van der Waals surface area contributed by atoms with Crippen molar-refractivity contribution < 1.29 is 0 Å². The van der Waals surface area contributed by atoms with E-state index in [0.717, 1.165) is 0 Å². The molecule has 4 atom stereocenters. The van der Waals surface area contributed by atoms with Crippen LogP contribution in [0, 0.1) is 5.92 Å². The predicted octanol–water partition coefficient (Wildman–Crippen LogP) is 3.70. The molecule has 1 N–H and O–H groups in total. The first-order valence-corrected chi connectivity index (χ1v) is 7.59. The molecule has 1 fully saturated rings. The predicted molar refractivity (Wildman–Crippen MR) is 81.7 cm³/mol. The zero-order valence-corrected chi connectivity index (χ0v) is 12.6. The van der Waals surface area contributed by atoms with Gasteiger partial charge in [-0.25, -0.2) is 0 Å². The van der Waals surface area contributed by atoms with E-state index in [2.05, 4.69) is 62.3 Å². The lowest BCUT2D eigenvalue weighted by atomic mass is 9.68. The highest BCUT2D eigenvalue weighted by Crippen LogP contribution is 2.46. The molecule has 2 heteroatoms. The minimum Gasteiger partial charge on any atom is -0.379 e. The summed E-state index contributed by atoms with van der Waals surface area (Å²) in [5.74, 6) is 1.36. The van der Waals surface area contributed by atoms with Crippen molar-refractivity contribution in [1.82, 2.24) is 4.90 Å². The van der Waals surface area contributed by atoms with Crippen molar-refractivity contribution in [3.63, 3.8) is 0 Å². The smallest absolute Gasteiger partial charge is 0.0432 e. The van der Waals surface area contributed by atoms with Crippen molar-refractivity contribution >= 4 is 5.69 Å². The number of anilines is 1. The highest BCUT2D eigenvalue weighted by atomic mass is 15.2. The van der Waals surface area contributed by atoms with Gasteiger partial charge in [0.1, 0.15) is 0 Å². The average molecular weight is 258 g/mol. The summed E-state index contributed by atoms with van der Waals surface area (Å²) >= 11 is 0. The lowest BCUT2D eigenvalue weighted by molar-refractivity contribution is 0.0803. The zero-order chi connectivity index (χ0) is 13.6. The molecule has 3 rings (SSSR count). The van der Waals surface area contributed by atoms with E-state index in [0.29, 0.717) is 23.4 Å². The van der Waals surface area contributed by atoms with Gasteiger partial charge in [-0.05, 0) is 50.3 Å². The van der Waals surface area contributed by atoms with Crippen molar-refractivity contribution in [3.05, 3.63) is 29.8 Å². The van der Waals surface area contributed by atoms with Crippen LogP contribution in [0.15, 0.2) is 24.3 Å². The van der Waals surface area contributed by atoms with Gasteiger partial charge in [-0.3, -0.25) is 0 Å². The van der Waals surface area contributed by atoms with Crippen LogP contribution in [0.3, 0.4) is 0 Å². The van der Waals surface area contributed by atoms with E-state index in [1.807, 2.05) is 0 Å². The largest absolute Gasteiger partial charge is 0.379 e. The third-order valence-electron chi connectivity index (χ3n) is 5.46. The van der Waals surface area contributed by atoms with Gasteiger partial charge in [0.2, 0.25) is 0 Å². The quantitative estimate of drug-likeness (QED) is 0.763. The second kappa shape index (κ2) is 4.52. The van der Waals surface area contributed by atoms with Gasteiger partial charge >= 0.3 is 0 Å². The molecule has 2 aliphatic rings. The fraction of sp³-hybridized carbons (Fsp3) is 0.647. The fourth-order valence-electron chi connectivity index (χ4n) is 4.15. The number of fused-ring (bicyclic) bond motifs is 1. The SMILES string of the molecule is CC1CC2(CC(C)N(C)CC2C)Nc2ccccc21. The van der Waals surface area contributed by atoms with Crippen LogP contribution in [-0.4, -0.2) is 30.1 Å². The van der Waals surface area contributed by atoms with Crippen LogP contribution >= 0.6 is 0 Å². The van der Waals surface area contributed by atoms with Gasteiger partial charge in [-0.1, -0.05) is 32.0 Å². The molecule has 2 nitrogen and oxygen atoms in total. The first-order valence-electron chi connectivity index (χ1n) is 7.59. The molecule has 0 amide bonds. The Balaban J connectivity index is 1.95. The van der Waals surface area contributed by atoms with Gasteiger partial charge in [-0.2, -0.15) is 0 Å². The van der Waals surface area contributed by atoms with Gasteiger partial charge < -0.3 is 10.2 Å². The van der Waals surface area contributed by atoms with Gasteiger partial charge in [0.15, 0.2) is 0 Å². The van der Waals surface area contributed by atoms with E-state index in [4.69, 9.17) is 0 Å². The second-order valence-electron chi connectivity index (χ2n) is 6.87. The maximum atomic E-state index is 3.92. The maximum absolute atomic E-state index is 3.92. The maximum Gasteiger partial charge on any atom is 0.0432 e. The fourth-order valence-corrected chi connectivity index (χ4v) is 4.15. The van der Waals surface area contributed by atoms with Crippen molar-refractivity contribution in [2.75, 3.05) is 18.9 Å². The normalized spacial score (nSPS) is 38.8. The minimum atomic E-state index is 0.291. The summed E-state index contributed by atoms with van der Waals surface area (Å²) in [6.07, 6.45) is 2.52. The molecule has 104 valence electrons. The van der Waals surface area contributed by atoms with E-state index < -0.39 is 0 Å². The van der Waals surface area contributed by atoms with Crippen LogP contribution < -0.4 is 5.32 Å². The molecule has 2 aliphatic heterocycles. The monoisotopic (exact) mass is 258 g/mol. The lowest BCUT2D eigenvalue weighted by Crippen LogP contribution is -2.59. The van der Waals surface area contributed by atoms with E-state index in [1.165, 1.54) is 30.6 Å². The molecule has 2 heterocycles. The third-order valence-corrected chi connectivity index (χ3v) is 5.46. The summed E-state index contributed by atoms with van der Waals surface area (Å²) in [6, 6.07) is 9.52. The van der Waals surface area contributed by atoms with Gasteiger partial charge in [0.05, 0.1) is 0 Å². The van der Waals surface area contributed by atoms with Crippen LogP contribution in [0.1, 0.15) is 45.1 Å². The number of hydrogen-bond donors (Lipinski definition) is 1. The summed E-state index contributed by atoms with van der Waals surface area (Å²) in [7, 11) is 2.26. The number of para-hydroxylation sites is 1. The van der Waals surface area contributed by atoms with Gasteiger partial charge in [-0.15, -0.1) is 0 Å². The van der Waals surface area contributed by atoms with Crippen molar-refractivity contribution in [1.29, 1.82) is 0 Å². The molecular formula is C17H26N2. The summed E-state index contributed by atoms with van der Waals surface area (Å²) in [6.45, 7) is 8.36. The number of nitrogens with one attached hydrogen (secondary N) is 1. The second-order valence-corrected chi connectivity index (χ2v) is 6.87. The molecule has 1 spiro atoms. The number of rotatable bonds is 0. The molecule has 1 aromatic rings. The number of benzene rings is 1. The Morgan fingerprint density at radius 2 is 1.89 bits per heavy atom. The molecule has 0 radical (unpaired) electrons. The van der Waals surface area contributed by atoms with E-state index in [1.54, 1.807) is 0 Å². The first-order chi connectivity index (χ1) is 9.02. The van der Waals surface area contributed by atoms with E-state index >= 15 is 0 Å². The number of piperidine rings is 1. The third kappa shape index (κ3) is 2.06. The highest BCUT2D eigenvalue weighted by molar-refractivity contribution is 5.57. The summed E-state index contributed by atoms with van der Waals surface area (Å²) in [5, 5.41) is 3.92. The van der Waals surface area contributed by atoms with Crippen molar-refractivity contribution in [2.45, 2.75) is 51.1 Å². The molecule has 0 saturated carbocycles. The van der Waals surface area contributed by atoms with Crippen LogP contribution in [0.5, 0.6) is 0 Å².